The van der Waals surface area contributed by atoms with Gasteiger partial charge in [0.05, 0.1) is 11.9 Å². The van der Waals surface area contributed by atoms with Gasteiger partial charge in [-0.3, -0.25) is 13.9 Å². The van der Waals surface area contributed by atoms with Gasteiger partial charge >= 0.3 is 0 Å². The molecule has 0 unspecified atom stereocenters. The molecule has 4 aromatic rings. The number of anilines is 2. The van der Waals surface area contributed by atoms with E-state index in [2.05, 4.69) is 32.6 Å². The maximum Gasteiger partial charge on any atom is 0.257 e. The number of carbonyl (C=O) groups is 1. The lowest BCUT2D eigenvalue weighted by molar-refractivity contribution is 0.0952. The molecular formula is C28H34F3N7O. The van der Waals surface area contributed by atoms with Gasteiger partial charge < -0.3 is 10.6 Å². The van der Waals surface area contributed by atoms with E-state index in [4.69, 9.17) is 0 Å². The van der Waals surface area contributed by atoms with Crippen LogP contribution < -0.4 is 10.6 Å². The van der Waals surface area contributed by atoms with Gasteiger partial charge in [-0.05, 0) is 50.5 Å². The van der Waals surface area contributed by atoms with Crippen molar-refractivity contribution in [3.63, 3.8) is 0 Å². The molecule has 0 saturated carbocycles. The topological polar surface area (TPSA) is 89.1 Å². The normalized spacial score (nSPS) is 11.9. The number of fused-ring (bicyclic) bond motifs is 1. The van der Waals surface area contributed by atoms with Crippen molar-refractivity contribution in [2.24, 2.45) is 0 Å². The molecule has 0 saturated heterocycles. The highest BCUT2D eigenvalue weighted by Crippen LogP contribution is 2.34. The predicted octanol–water partition coefficient (Wildman–Crippen LogP) is 6.29. The minimum atomic E-state index is -2.62. The number of aromatic nitrogens is 5. The molecule has 4 rings (SSSR count). The van der Waals surface area contributed by atoms with Crippen molar-refractivity contribution in [3.05, 3.63) is 59.8 Å². The van der Waals surface area contributed by atoms with Crippen LogP contribution in [0.15, 0.2) is 43.0 Å². The molecule has 11 heteroatoms. The molecule has 2 N–H and O–H groups in total. The van der Waals surface area contributed by atoms with Crippen LogP contribution in [0.4, 0.5) is 24.7 Å². The van der Waals surface area contributed by atoms with Crippen LogP contribution in [0.25, 0.3) is 16.9 Å². The molecule has 0 atom stereocenters. The zero-order valence-electron chi connectivity index (χ0n) is 22.6. The molecule has 8 nitrogen and oxygen atoms in total. The summed E-state index contributed by atoms with van der Waals surface area (Å²) in [5, 5.41) is 10.4. The zero-order valence-corrected chi connectivity index (χ0v) is 22.6. The van der Waals surface area contributed by atoms with E-state index in [1.807, 2.05) is 19.1 Å². The Morgan fingerprint density at radius 1 is 1.15 bits per heavy atom. The van der Waals surface area contributed by atoms with Crippen molar-refractivity contribution in [1.29, 1.82) is 0 Å². The van der Waals surface area contributed by atoms with E-state index in [0.29, 0.717) is 41.3 Å². The van der Waals surface area contributed by atoms with Gasteiger partial charge in [-0.2, -0.15) is 5.10 Å². The Bertz CT molecular complexity index is 1440. The van der Waals surface area contributed by atoms with E-state index in [-0.39, 0.29) is 11.6 Å². The van der Waals surface area contributed by atoms with Crippen molar-refractivity contribution in [1.82, 2.24) is 29.5 Å². The summed E-state index contributed by atoms with van der Waals surface area (Å²) in [5.74, 6) is 0.357. The van der Waals surface area contributed by atoms with Gasteiger partial charge in [0.2, 0.25) is 0 Å². The van der Waals surface area contributed by atoms with E-state index in [9.17, 15) is 13.6 Å². The van der Waals surface area contributed by atoms with Crippen molar-refractivity contribution in [3.8, 4) is 11.3 Å². The Morgan fingerprint density at radius 2 is 1.95 bits per heavy atom. The summed E-state index contributed by atoms with van der Waals surface area (Å²) in [6.45, 7) is 6.79. The Hall–Kier alpha value is -3.89. The molecule has 0 radical (unpaired) electrons. The third-order valence-corrected chi connectivity index (χ3v) is 6.41. The summed E-state index contributed by atoms with van der Waals surface area (Å²) >= 11 is 0. The van der Waals surface area contributed by atoms with Crippen LogP contribution in [0.2, 0.25) is 0 Å². The van der Waals surface area contributed by atoms with Gasteiger partial charge in [-0.25, -0.2) is 23.1 Å². The second-order valence-corrected chi connectivity index (χ2v) is 9.90. The Morgan fingerprint density at radius 3 is 2.64 bits per heavy atom. The highest BCUT2D eigenvalue weighted by molar-refractivity contribution is 5.96. The van der Waals surface area contributed by atoms with Crippen LogP contribution in [0.1, 0.15) is 68.6 Å². The molecule has 1 amide bonds. The van der Waals surface area contributed by atoms with Crippen LogP contribution in [0.5, 0.6) is 0 Å². The molecule has 0 fully saturated rings. The van der Waals surface area contributed by atoms with Gasteiger partial charge in [0.15, 0.2) is 11.5 Å². The number of imidazole rings is 1. The lowest BCUT2D eigenvalue weighted by Crippen LogP contribution is -2.25. The molecule has 3 aromatic heterocycles. The molecule has 1 aromatic carbocycles. The first-order chi connectivity index (χ1) is 18.6. The zero-order chi connectivity index (χ0) is 28.2. The minimum Gasteiger partial charge on any atom is -0.352 e. The second-order valence-electron chi connectivity index (χ2n) is 9.90. The van der Waals surface area contributed by atoms with Crippen molar-refractivity contribution in [2.75, 3.05) is 11.9 Å². The van der Waals surface area contributed by atoms with Crippen molar-refractivity contribution < 1.29 is 18.0 Å². The van der Waals surface area contributed by atoms with Crippen LogP contribution in [0, 0.1) is 0 Å². The van der Waals surface area contributed by atoms with Gasteiger partial charge in [-0.1, -0.05) is 26.7 Å². The number of rotatable bonds is 12. The molecule has 208 valence electrons. The van der Waals surface area contributed by atoms with E-state index in [1.54, 1.807) is 29.1 Å². The van der Waals surface area contributed by atoms with Crippen LogP contribution in [-0.2, 0) is 18.6 Å². The number of hydrogen-bond donors (Lipinski definition) is 2. The van der Waals surface area contributed by atoms with Crippen LogP contribution in [-0.4, -0.2) is 43.0 Å². The number of unbranched alkanes of at least 4 members (excludes halogenated alkanes) is 2. The smallest absolute Gasteiger partial charge is 0.257 e. The average Bonchev–Trinajstić information content (AvgIpc) is 3.51. The average molecular weight is 542 g/mol. The predicted molar refractivity (Wildman–Crippen MR) is 145 cm³/mol. The largest absolute Gasteiger partial charge is 0.352 e. The lowest BCUT2D eigenvalue weighted by atomic mass is 10.0. The summed E-state index contributed by atoms with van der Waals surface area (Å²) in [6, 6.07) is 5.52. The Balaban J connectivity index is 1.64. The molecule has 39 heavy (non-hydrogen) atoms. The summed E-state index contributed by atoms with van der Waals surface area (Å²) in [5.41, 5.74) is 1.79. The fourth-order valence-electron chi connectivity index (χ4n) is 4.48. The van der Waals surface area contributed by atoms with Gasteiger partial charge in [-0.15, -0.1) is 0 Å². The quantitative estimate of drug-likeness (QED) is 0.206. The first kappa shape index (κ1) is 28.1. The first-order valence-corrected chi connectivity index (χ1v) is 13.2. The molecule has 0 aliphatic carbocycles. The molecule has 0 aliphatic rings. The van der Waals surface area contributed by atoms with E-state index >= 15 is 4.39 Å². The fraction of sp³-hybridized carbons (Fsp3) is 0.429. The Kier molecular flexibility index (Phi) is 8.57. The summed E-state index contributed by atoms with van der Waals surface area (Å²) in [7, 11) is 0. The summed E-state index contributed by atoms with van der Waals surface area (Å²) in [4.78, 5) is 21.6. The summed E-state index contributed by atoms with van der Waals surface area (Å²) < 4.78 is 43.8. The number of hydrogen-bond acceptors (Lipinski definition) is 5. The number of amides is 1. The third kappa shape index (κ3) is 6.40. The SMILES string of the molecule is CCCCCNC(=O)c1ccc(Nc2nccn3c(-c4cn(CC(F)F)nc4C(C)(C)F)cnc23)cc1CC. The number of benzene rings is 1. The van der Waals surface area contributed by atoms with Crippen molar-refractivity contribution >= 4 is 23.1 Å². The maximum atomic E-state index is 15.0. The fourth-order valence-corrected chi connectivity index (χ4v) is 4.48. The maximum absolute atomic E-state index is 15.0. The first-order valence-electron chi connectivity index (χ1n) is 13.2. The number of nitrogens with one attached hydrogen (secondary N) is 2. The second kappa shape index (κ2) is 11.9. The summed E-state index contributed by atoms with van der Waals surface area (Å²) in [6.07, 6.45) is 7.36. The number of aryl methyl sites for hydroxylation is 1. The van der Waals surface area contributed by atoms with E-state index in [1.165, 1.54) is 20.0 Å². The molecule has 3 heterocycles. The number of halogens is 3. The van der Waals surface area contributed by atoms with Gasteiger partial charge in [0.1, 0.15) is 17.9 Å². The van der Waals surface area contributed by atoms with Crippen LogP contribution >= 0.6 is 0 Å². The third-order valence-electron chi connectivity index (χ3n) is 6.41. The van der Waals surface area contributed by atoms with E-state index < -0.39 is 18.6 Å². The Labute approximate surface area is 225 Å². The molecule has 0 aliphatic heterocycles. The standard InChI is InChI=1S/C28H34F3N7O/c1-5-7-8-11-33-27(39)20-10-9-19(14-18(20)6-2)35-25-26-34-15-22(38(26)13-12-32-25)21-16-37(17-23(29)30)36-24(21)28(3,4)31/h9-10,12-16,23H,5-8,11,17H2,1-4H3,(H,32,35)(H,33,39). The van der Waals surface area contributed by atoms with E-state index in [0.717, 1.165) is 35.2 Å². The lowest BCUT2D eigenvalue weighted by Gasteiger charge is -2.14. The monoisotopic (exact) mass is 541 g/mol. The number of carbonyl (C=O) groups excluding carboxylic acids is 1. The van der Waals surface area contributed by atoms with Crippen molar-refractivity contribution in [2.45, 2.75) is 72.0 Å². The van der Waals surface area contributed by atoms with Crippen LogP contribution in [0.3, 0.4) is 0 Å². The number of nitrogens with zero attached hydrogens (tertiary/aromatic N) is 5. The number of alkyl halides is 3. The molecular weight excluding hydrogens is 507 g/mol. The minimum absolute atomic E-state index is 0.0485. The highest BCUT2D eigenvalue weighted by Gasteiger charge is 2.29. The molecule has 0 spiro atoms. The van der Waals surface area contributed by atoms with Gasteiger partial charge in [0, 0.05) is 41.9 Å². The molecule has 0 bridgehead atoms. The van der Waals surface area contributed by atoms with Gasteiger partial charge in [0.25, 0.3) is 12.3 Å². The highest BCUT2D eigenvalue weighted by atomic mass is 19.3.